The predicted octanol–water partition coefficient (Wildman–Crippen LogP) is -0.707. The molecule has 0 aliphatic rings. The molecule has 0 atom stereocenters. The Bertz CT molecular complexity index is 486. The zero-order valence-electron chi connectivity index (χ0n) is 7.01. The van der Waals surface area contributed by atoms with E-state index in [4.69, 9.17) is 5.11 Å². The maximum absolute atomic E-state index is 11.1. The Hall–Kier alpha value is -1.70. The van der Waals surface area contributed by atoms with E-state index in [0.717, 1.165) is 6.33 Å². The van der Waals surface area contributed by atoms with Crippen molar-refractivity contribution in [3.8, 4) is 0 Å². The minimum Gasteiger partial charge on any atom is -0.477 e. The molecule has 0 saturated heterocycles. The highest BCUT2D eigenvalue weighted by Crippen LogP contribution is 2.07. The number of nitrogens with zero attached hydrogens (tertiary/aromatic N) is 1. The van der Waals surface area contributed by atoms with Gasteiger partial charge < -0.3 is 10.1 Å². The molecule has 0 aliphatic heterocycles. The van der Waals surface area contributed by atoms with E-state index < -0.39 is 32.3 Å². The van der Waals surface area contributed by atoms with Crippen LogP contribution in [-0.2, 0) is 9.84 Å². The molecule has 14 heavy (non-hydrogen) atoms. The first-order valence-electron chi connectivity index (χ1n) is 3.35. The van der Waals surface area contributed by atoms with Gasteiger partial charge in [-0.2, -0.15) is 0 Å². The maximum atomic E-state index is 11.1. The summed E-state index contributed by atoms with van der Waals surface area (Å²) in [7, 11) is -3.97. The van der Waals surface area contributed by atoms with Gasteiger partial charge in [-0.05, 0) is 0 Å². The predicted molar refractivity (Wildman–Crippen MR) is 44.7 cm³/mol. The van der Waals surface area contributed by atoms with Gasteiger partial charge in [-0.25, -0.2) is 18.2 Å². The standard InChI is InChI=1S/C6H6N2O5S/c1-14(12,13)6(11)4-3(5(9)10)7-2-8-4/h2H,1H3,(H,7,8)(H,9,10). The molecule has 1 aromatic rings. The van der Waals surface area contributed by atoms with Gasteiger partial charge in [0.2, 0.25) is 9.84 Å². The van der Waals surface area contributed by atoms with E-state index in [1.165, 1.54) is 0 Å². The van der Waals surface area contributed by atoms with E-state index in [0.29, 0.717) is 6.26 Å². The van der Waals surface area contributed by atoms with Crippen LogP contribution in [0.4, 0.5) is 0 Å². The lowest BCUT2D eigenvalue weighted by atomic mass is 10.3. The van der Waals surface area contributed by atoms with Crippen molar-refractivity contribution in [1.29, 1.82) is 0 Å². The van der Waals surface area contributed by atoms with Crippen LogP contribution in [0.3, 0.4) is 0 Å². The van der Waals surface area contributed by atoms with E-state index in [9.17, 15) is 18.0 Å². The van der Waals surface area contributed by atoms with Crippen LogP contribution >= 0.6 is 0 Å². The normalized spacial score (nSPS) is 11.2. The number of carboxylic acid groups (broad SMARTS) is 1. The van der Waals surface area contributed by atoms with Crippen molar-refractivity contribution in [2.24, 2.45) is 0 Å². The Morgan fingerprint density at radius 3 is 2.50 bits per heavy atom. The van der Waals surface area contributed by atoms with E-state index in [2.05, 4.69) is 9.97 Å². The number of H-pyrrole nitrogens is 1. The molecule has 0 aliphatic carbocycles. The van der Waals surface area contributed by atoms with Crippen molar-refractivity contribution in [3.05, 3.63) is 17.7 Å². The number of carboxylic acids is 1. The molecule has 1 heterocycles. The molecule has 0 spiro atoms. The first-order chi connectivity index (χ1) is 6.34. The molecule has 1 aromatic heterocycles. The molecule has 0 unspecified atom stereocenters. The van der Waals surface area contributed by atoms with Gasteiger partial charge in [0, 0.05) is 6.26 Å². The zero-order valence-corrected chi connectivity index (χ0v) is 7.83. The largest absolute Gasteiger partial charge is 0.477 e. The Morgan fingerprint density at radius 1 is 1.50 bits per heavy atom. The highest BCUT2D eigenvalue weighted by Gasteiger charge is 2.26. The summed E-state index contributed by atoms with van der Waals surface area (Å²) in [6, 6.07) is 0. The third kappa shape index (κ3) is 1.79. The third-order valence-corrected chi connectivity index (χ3v) is 2.25. The molecule has 0 amide bonds. The van der Waals surface area contributed by atoms with Crippen LogP contribution in [0.2, 0.25) is 0 Å². The molecule has 0 bridgehead atoms. The van der Waals surface area contributed by atoms with Gasteiger partial charge >= 0.3 is 5.97 Å². The van der Waals surface area contributed by atoms with Crippen LogP contribution in [0.25, 0.3) is 0 Å². The fourth-order valence-electron chi connectivity index (χ4n) is 0.788. The summed E-state index contributed by atoms with van der Waals surface area (Å²) in [4.78, 5) is 27.1. The van der Waals surface area contributed by atoms with Crippen LogP contribution in [0.15, 0.2) is 6.33 Å². The Balaban J connectivity index is 3.28. The first kappa shape index (κ1) is 10.4. The number of carbonyl (C=O) groups is 2. The van der Waals surface area contributed by atoms with Crippen molar-refractivity contribution in [3.63, 3.8) is 0 Å². The van der Waals surface area contributed by atoms with Gasteiger partial charge in [-0.1, -0.05) is 0 Å². The van der Waals surface area contributed by atoms with Gasteiger partial charge in [0.25, 0.3) is 5.12 Å². The van der Waals surface area contributed by atoms with Crippen molar-refractivity contribution in [2.45, 2.75) is 0 Å². The van der Waals surface area contributed by atoms with E-state index in [-0.39, 0.29) is 0 Å². The second-order valence-corrected chi connectivity index (χ2v) is 4.41. The molecular formula is C6H6N2O5S. The number of hydrogen-bond acceptors (Lipinski definition) is 5. The third-order valence-electron chi connectivity index (χ3n) is 1.38. The summed E-state index contributed by atoms with van der Waals surface area (Å²) in [5, 5.41) is 7.24. The summed E-state index contributed by atoms with van der Waals surface area (Å²) < 4.78 is 21.6. The molecular weight excluding hydrogens is 212 g/mol. The van der Waals surface area contributed by atoms with E-state index in [1.54, 1.807) is 0 Å². The monoisotopic (exact) mass is 218 g/mol. The van der Waals surface area contributed by atoms with Gasteiger partial charge in [0.15, 0.2) is 11.4 Å². The van der Waals surface area contributed by atoms with Crippen LogP contribution < -0.4 is 0 Å². The SMILES string of the molecule is CS(=O)(=O)C(=O)c1nc[nH]c1C(=O)O. The van der Waals surface area contributed by atoms with Crippen molar-refractivity contribution >= 4 is 20.9 Å². The summed E-state index contributed by atoms with van der Waals surface area (Å²) in [6.45, 7) is 0. The number of aromatic amines is 1. The number of nitrogens with one attached hydrogen (secondary N) is 1. The second-order valence-electron chi connectivity index (χ2n) is 2.49. The molecule has 1 rings (SSSR count). The molecule has 8 heteroatoms. The summed E-state index contributed by atoms with van der Waals surface area (Å²) >= 11 is 0. The number of imidazole rings is 1. The average Bonchev–Trinajstić information content (AvgIpc) is 2.48. The average molecular weight is 218 g/mol. The molecule has 0 aromatic carbocycles. The molecule has 0 radical (unpaired) electrons. The van der Waals surface area contributed by atoms with Crippen LogP contribution in [-0.4, -0.2) is 40.8 Å². The van der Waals surface area contributed by atoms with Gasteiger partial charge in [-0.15, -0.1) is 0 Å². The highest BCUT2D eigenvalue weighted by molar-refractivity contribution is 8.06. The summed E-state index contributed by atoms with van der Waals surface area (Å²) in [6.07, 6.45) is 1.64. The number of carbonyl (C=O) groups excluding carboxylic acids is 1. The van der Waals surface area contributed by atoms with Crippen molar-refractivity contribution in [2.75, 3.05) is 6.26 Å². The molecule has 0 fully saturated rings. The minimum absolute atomic E-state index is 0.527. The summed E-state index contributed by atoms with van der Waals surface area (Å²) in [5.74, 6) is -1.44. The van der Waals surface area contributed by atoms with Crippen LogP contribution in [0.1, 0.15) is 21.0 Å². The van der Waals surface area contributed by atoms with Crippen LogP contribution in [0.5, 0.6) is 0 Å². The lowest BCUT2D eigenvalue weighted by molar-refractivity contribution is 0.0687. The van der Waals surface area contributed by atoms with Gasteiger partial charge in [0.1, 0.15) is 0 Å². The van der Waals surface area contributed by atoms with E-state index in [1.807, 2.05) is 0 Å². The second kappa shape index (κ2) is 3.22. The van der Waals surface area contributed by atoms with Gasteiger partial charge in [0.05, 0.1) is 6.33 Å². The fourth-order valence-corrected chi connectivity index (χ4v) is 1.29. The van der Waals surface area contributed by atoms with Gasteiger partial charge in [-0.3, -0.25) is 4.79 Å². The first-order valence-corrected chi connectivity index (χ1v) is 5.24. The minimum atomic E-state index is -3.97. The fraction of sp³-hybridized carbons (Fsp3) is 0.167. The van der Waals surface area contributed by atoms with Crippen molar-refractivity contribution < 1.29 is 23.1 Å². The lowest BCUT2D eigenvalue weighted by Crippen LogP contribution is -2.16. The number of hydrogen-bond donors (Lipinski definition) is 2. The number of sulfone groups is 1. The Kier molecular flexibility index (Phi) is 2.39. The van der Waals surface area contributed by atoms with Crippen molar-refractivity contribution in [1.82, 2.24) is 9.97 Å². The number of aromatic nitrogens is 2. The Labute approximate surface area is 78.7 Å². The zero-order chi connectivity index (χ0) is 10.9. The maximum Gasteiger partial charge on any atom is 0.354 e. The smallest absolute Gasteiger partial charge is 0.354 e. The summed E-state index contributed by atoms with van der Waals surface area (Å²) in [5.41, 5.74) is -1.12. The Morgan fingerprint density at radius 2 is 2.07 bits per heavy atom. The van der Waals surface area contributed by atoms with E-state index >= 15 is 0 Å². The quantitative estimate of drug-likeness (QED) is 0.677. The molecule has 7 nitrogen and oxygen atoms in total. The molecule has 2 N–H and O–H groups in total. The number of aromatic carboxylic acids is 1. The van der Waals surface area contributed by atoms with Crippen LogP contribution in [0, 0.1) is 0 Å². The molecule has 76 valence electrons. The lowest BCUT2D eigenvalue weighted by Gasteiger charge is -1.94. The molecule has 0 saturated carbocycles. The topological polar surface area (TPSA) is 117 Å². The number of rotatable bonds is 2. The highest BCUT2D eigenvalue weighted by atomic mass is 32.2.